The molecule has 0 aliphatic rings. The monoisotopic (exact) mass is 380 g/mol. The highest BCUT2D eigenvalue weighted by Crippen LogP contribution is 2.14. The molecule has 2 amide bonds. The predicted molar refractivity (Wildman–Crippen MR) is 103 cm³/mol. The largest absolute Gasteiger partial charge is 0.478 e. The standard InChI is InChI=1S/C20H16N2O4S/c23-18(21-12-13-3-5-15(6-4-13)20(25)26)14-7-9-16(10-8-14)22-19(24)17-2-1-11-27-17/h1-11H,12H2,(H,21,23)(H,22,24)(H,25,26). The van der Waals surface area contributed by atoms with Gasteiger partial charge < -0.3 is 15.7 Å². The highest BCUT2D eigenvalue weighted by atomic mass is 32.1. The van der Waals surface area contributed by atoms with Gasteiger partial charge in [0.2, 0.25) is 0 Å². The Morgan fingerprint density at radius 2 is 1.52 bits per heavy atom. The van der Waals surface area contributed by atoms with E-state index in [1.54, 1.807) is 42.5 Å². The first-order chi connectivity index (χ1) is 13.0. The number of benzene rings is 2. The van der Waals surface area contributed by atoms with Crippen LogP contribution in [-0.4, -0.2) is 22.9 Å². The van der Waals surface area contributed by atoms with Crippen molar-refractivity contribution in [1.29, 1.82) is 0 Å². The van der Waals surface area contributed by atoms with Crippen molar-refractivity contribution < 1.29 is 19.5 Å². The lowest BCUT2D eigenvalue weighted by atomic mass is 10.1. The number of rotatable bonds is 6. The zero-order chi connectivity index (χ0) is 19.2. The number of nitrogens with one attached hydrogen (secondary N) is 2. The Balaban J connectivity index is 1.55. The first kappa shape index (κ1) is 18.3. The first-order valence-corrected chi connectivity index (χ1v) is 8.96. The summed E-state index contributed by atoms with van der Waals surface area (Å²) in [7, 11) is 0. The van der Waals surface area contributed by atoms with E-state index in [0.29, 0.717) is 16.1 Å². The van der Waals surface area contributed by atoms with Crippen molar-refractivity contribution in [3.8, 4) is 0 Å². The second-order valence-corrected chi connectivity index (χ2v) is 6.64. The molecule has 0 aliphatic carbocycles. The first-order valence-electron chi connectivity index (χ1n) is 8.08. The topological polar surface area (TPSA) is 95.5 Å². The zero-order valence-electron chi connectivity index (χ0n) is 14.1. The lowest BCUT2D eigenvalue weighted by Gasteiger charge is -2.07. The molecule has 136 valence electrons. The maximum atomic E-state index is 12.2. The normalized spacial score (nSPS) is 10.2. The van der Waals surface area contributed by atoms with Crippen molar-refractivity contribution in [3.05, 3.63) is 87.6 Å². The molecule has 0 spiro atoms. The van der Waals surface area contributed by atoms with Crippen LogP contribution in [0.25, 0.3) is 0 Å². The summed E-state index contributed by atoms with van der Waals surface area (Å²) >= 11 is 1.36. The Bertz CT molecular complexity index is 949. The van der Waals surface area contributed by atoms with Gasteiger partial charge in [0.15, 0.2) is 0 Å². The third kappa shape index (κ3) is 4.80. The fraction of sp³-hybridized carbons (Fsp3) is 0.0500. The van der Waals surface area contributed by atoms with Crippen LogP contribution in [0.1, 0.15) is 36.0 Å². The second kappa shape index (κ2) is 8.29. The fourth-order valence-corrected chi connectivity index (χ4v) is 2.97. The molecule has 3 aromatic rings. The molecule has 0 radical (unpaired) electrons. The Morgan fingerprint density at radius 3 is 2.11 bits per heavy atom. The Labute approximate surface area is 159 Å². The van der Waals surface area contributed by atoms with Crippen molar-refractivity contribution in [2.24, 2.45) is 0 Å². The van der Waals surface area contributed by atoms with Gasteiger partial charge in [0.25, 0.3) is 11.8 Å². The van der Waals surface area contributed by atoms with Gasteiger partial charge in [-0.3, -0.25) is 9.59 Å². The molecule has 1 aromatic heterocycles. The summed E-state index contributed by atoms with van der Waals surface area (Å²) in [5.74, 6) is -1.43. The van der Waals surface area contributed by atoms with Gasteiger partial charge in [0, 0.05) is 17.8 Å². The molecule has 0 fully saturated rings. The average molecular weight is 380 g/mol. The molecular weight excluding hydrogens is 364 g/mol. The van der Waals surface area contributed by atoms with Gasteiger partial charge in [0.1, 0.15) is 0 Å². The van der Waals surface area contributed by atoms with E-state index >= 15 is 0 Å². The minimum atomic E-state index is -0.989. The van der Waals surface area contributed by atoms with Crippen molar-refractivity contribution in [2.75, 3.05) is 5.32 Å². The van der Waals surface area contributed by atoms with Gasteiger partial charge in [-0.1, -0.05) is 18.2 Å². The lowest BCUT2D eigenvalue weighted by Crippen LogP contribution is -2.22. The van der Waals surface area contributed by atoms with E-state index in [4.69, 9.17) is 5.11 Å². The molecular formula is C20H16N2O4S. The smallest absolute Gasteiger partial charge is 0.335 e. The minimum absolute atomic E-state index is 0.188. The number of aromatic carboxylic acids is 1. The van der Waals surface area contributed by atoms with Crippen molar-refractivity contribution in [3.63, 3.8) is 0 Å². The van der Waals surface area contributed by atoms with Crippen molar-refractivity contribution in [2.45, 2.75) is 6.54 Å². The number of amides is 2. The highest BCUT2D eigenvalue weighted by molar-refractivity contribution is 7.12. The molecule has 3 rings (SSSR count). The summed E-state index contributed by atoms with van der Waals surface area (Å²) in [6.45, 7) is 0.287. The summed E-state index contributed by atoms with van der Waals surface area (Å²) in [5.41, 5.74) is 2.07. The molecule has 0 atom stereocenters. The van der Waals surface area contributed by atoms with Gasteiger partial charge >= 0.3 is 5.97 Å². The lowest BCUT2D eigenvalue weighted by molar-refractivity contribution is 0.0696. The summed E-state index contributed by atoms with van der Waals surface area (Å²) in [4.78, 5) is 35.7. The van der Waals surface area contributed by atoms with Gasteiger partial charge in [0.05, 0.1) is 10.4 Å². The third-order valence-corrected chi connectivity index (χ3v) is 4.67. The predicted octanol–water partition coefficient (Wildman–Crippen LogP) is 3.63. The van der Waals surface area contributed by atoms with Crippen molar-refractivity contribution in [1.82, 2.24) is 5.32 Å². The van der Waals surface area contributed by atoms with Gasteiger partial charge in [-0.25, -0.2) is 4.79 Å². The summed E-state index contributed by atoms with van der Waals surface area (Å²) < 4.78 is 0. The number of anilines is 1. The van der Waals surface area contributed by atoms with Crippen LogP contribution in [-0.2, 0) is 6.54 Å². The third-order valence-electron chi connectivity index (χ3n) is 3.80. The van der Waals surface area contributed by atoms with E-state index < -0.39 is 5.97 Å². The van der Waals surface area contributed by atoms with Crippen LogP contribution in [0.2, 0.25) is 0 Å². The second-order valence-electron chi connectivity index (χ2n) is 5.69. The molecule has 0 unspecified atom stereocenters. The molecule has 1 heterocycles. The number of carbonyl (C=O) groups excluding carboxylic acids is 2. The average Bonchev–Trinajstić information content (AvgIpc) is 3.22. The molecule has 0 saturated heterocycles. The van der Waals surface area contributed by atoms with E-state index in [1.165, 1.54) is 23.5 Å². The van der Waals surface area contributed by atoms with Crippen LogP contribution >= 0.6 is 11.3 Å². The molecule has 0 saturated carbocycles. The Morgan fingerprint density at radius 1 is 0.852 bits per heavy atom. The van der Waals surface area contributed by atoms with E-state index in [9.17, 15) is 14.4 Å². The Kier molecular flexibility index (Phi) is 5.63. The van der Waals surface area contributed by atoms with Gasteiger partial charge in [-0.2, -0.15) is 0 Å². The van der Waals surface area contributed by atoms with Crippen LogP contribution < -0.4 is 10.6 Å². The molecule has 7 heteroatoms. The zero-order valence-corrected chi connectivity index (χ0v) is 15.0. The van der Waals surface area contributed by atoms with Gasteiger partial charge in [-0.15, -0.1) is 11.3 Å². The van der Waals surface area contributed by atoms with Crippen LogP contribution in [0.15, 0.2) is 66.0 Å². The molecule has 0 aliphatic heterocycles. The quantitative estimate of drug-likeness (QED) is 0.608. The van der Waals surface area contributed by atoms with Crippen LogP contribution in [0.5, 0.6) is 0 Å². The molecule has 3 N–H and O–H groups in total. The number of carboxylic acid groups (broad SMARTS) is 1. The summed E-state index contributed by atoms with van der Waals surface area (Å²) in [5, 5.41) is 16.3. The van der Waals surface area contributed by atoms with E-state index in [1.807, 2.05) is 11.4 Å². The van der Waals surface area contributed by atoms with Crippen LogP contribution in [0, 0.1) is 0 Å². The number of thiophene rings is 1. The Hall–Kier alpha value is -3.45. The number of carboxylic acids is 1. The van der Waals surface area contributed by atoms with E-state index in [0.717, 1.165) is 5.56 Å². The van der Waals surface area contributed by atoms with Crippen molar-refractivity contribution >= 4 is 34.8 Å². The number of carbonyl (C=O) groups is 3. The minimum Gasteiger partial charge on any atom is -0.478 e. The fourth-order valence-electron chi connectivity index (χ4n) is 2.35. The molecule has 6 nitrogen and oxygen atoms in total. The summed E-state index contributed by atoms with van der Waals surface area (Å²) in [6.07, 6.45) is 0. The number of hydrogen-bond donors (Lipinski definition) is 3. The molecule has 27 heavy (non-hydrogen) atoms. The highest BCUT2D eigenvalue weighted by Gasteiger charge is 2.09. The van der Waals surface area contributed by atoms with Gasteiger partial charge in [-0.05, 0) is 53.4 Å². The maximum absolute atomic E-state index is 12.2. The van der Waals surface area contributed by atoms with Crippen LogP contribution in [0.4, 0.5) is 5.69 Å². The molecule has 2 aromatic carbocycles. The SMILES string of the molecule is O=C(O)c1ccc(CNC(=O)c2ccc(NC(=O)c3cccs3)cc2)cc1. The summed E-state index contributed by atoms with van der Waals surface area (Å²) in [6, 6.07) is 16.5. The molecule has 0 bridgehead atoms. The van der Waals surface area contributed by atoms with E-state index in [-0.39, 0.29) is 23.9 Å². The number of hydrogen-bond acceptors (Lipinski definition) is 4. The van der Waals surface area contributed by atoms with E-state index in [2.05, 4.69) is 10.6 Å². The van der Waals surface area contributed by atoms with Crippen LogP contribution in [0.3, 0.4) is 0 Å². The maximum Gasteiger partial charge on any atom is 0.335 e.